The number of hydrogen-bond acceptors (Lipinski definition) is 2. The first-order valence-electron chi connectivity index (χ1n) is 10.1. The van der Waals surface area contributed by atoms with E-state index in [4.69, 9.17) is 18.6 Å². The van der Waals surface area contributed by atoms with Crippen molar-refractivity contribution in [2.45, 2.75) is 13.5 Å². The maximum atomic E-state index is 10.3. The van der Waals surface area contributed by atoms with Crippen molar-refractivity contribution in [2.75, 3.05) is 4.90 Å². The number of rotatable bonds is 6. The number of benzene rings is 4. The molecule has 0 amide bonds. The van der Waals surface area contributed by atoms with Gasteiger partial charge in [-0.2, -0.15) is 0 Å². The zero-order valence-corrected chi connectivity index (χ0v) is 21.7. The van der Waals surface area contributed by atoms with Crippen LogP contribution in [0.1, 0.15) is 11.1 Å². The molecule has 0 aromatic heterocycles. The molecule has 6 heteroatoms. The first kappa shape index (κ1) is 24.8. The van der Waals surface area contributed by atoms with Crippen LogP contribution in [0.2, 0.25) is 0 Å². The first-order valence-corrected chi connectivity index (χ1v) is 15.4. The summed E-state index contributed by atoms with van der Waals surface area (Å²) in [7, 11) is 10.2. The second-order valence-electron chi connectivity index (χ2n) is 7.13. The summed E-state index contributed by atoms with van der Waals surface area (Å²) in [5, 5.41) is 12.6. The van der Waals surface area contributed by atoms with Crippen LogP contribution in [0.4, 0.5) is 11.4 Å². The topological polar surface area (TPSA) is 23.5 Å². The number of phenolic OH excluding ortho intramolecular Hbond substituents is 1. The average Bonchev–Trinajstić information content (AvgIpc) is 2.82. The van der Waals surface area contributed by atoms with Gasteiger partial charge in [0.05, 0.1) is 0 Å². The van der Waals surface area contributed by atoms with Crippen molar-refractivity contribution < 1.29 is 22.1 Å². The van der Waals surface area contributed by atoms with E-state index in [0.29, 0.717) is 14.3 Å². The van der Waals surface area contributed by atoms with Crippen LogP contribution in [0.5, 0.6) is 5.75 Å². The van der Waals surface area contributed by atoms with E-state index in [0.717, 1.165) is 28.8 Å². The number of phenols is 1. The number of aromatic hydroxyl groups is 1. The number of nitrogens with zero attached hydrogens (tertiary/aromatic N) is 1. The zero-order valence-electron chi connectivity index (χ0n) is 17.7. The summed E-state index contributed by atoms with van der Waals surface area (Å²) >= 11 is -0.556. The minimum atomic E-state index is -0.556. The Kier molecular flexibility index (Phi) is 10.1. The molecule has 0 aliphatic heterocycles. The van der Waals surface area contributed by atoms with Crippen molar-refractivity contribution in [1.29, 1.82) is 0 Å². The monoisotopic (exact) mass is 515 g/mol. The van der Waals surface area contributed by atoms with Crippen molar-refractivity contribution in [2.24, 2.45) is 0 Å². The molecule has 162 valence electrons. The van der Waals surface area contributed by atoms with Crippen molar-refractivity contribution in [3.8, 4) is 5.75 Å². The summed E-state index contributed by atoms with van der Waals surface area (Å²) in [5.41, 5.74) is 4.75. The van der Waals surface area contributed by atoms with Gasteiger partial charge in [-0.1, -0.05) is 80.9 Å². The molecule has 0 saturated carbocycles. The molecule has 0 spiro atoms. The first-order chi connectivity index (χ1) is 15.6. The van der Waals surface area contributed by atoms with Crippen LogP contribution in [0.15, 0.2) is 103 Å². The fourth-order valence-corrected chi connectivity index (χ4v) is 4.70. The molecule has 4 aromatic carbocycles. The summed E-state index contributed by atoms with van der Waals surface area (Å²) in [6, 6.07) is 35.3. The Morgan fingerprint density at radius 2 is 1.28 bits per heavy atom. The van der Waals surface area contributed by atoms with Gasteiger partial charge in [0, 0.05) is 23.2 Å². The molecule has 0 heterocycles. The van der Waals surface area contributed by atoms with Gasteiger partial charge in [-0.25, -0.2) is 0 Å². The summed E-state index contributed by atoms with van der Waals surface area (Å²) in [5.74, 6) is 0.367. The van der Waals surface area contributed by atoms with Crippen LogP contribution >= 0.6 is 27.2 Å². The van der Waals surface area contributed by atoms with E-state index in [2.05, 4.69) is 90.7 Å². The fourth-order valence-electron chi connectivity index (χ4n) is 3.39. The van der Waals surface area contributed by atoms with Crippen molar-refractivity contribution in [1.82, 2.24) is 0 Å². The third-order valence-corrected chi connectivity index (χ3v) is 6.33. The minimum absolute atomic E-state index is 0.367. The van der Waals surface area contributed by atoms with E-state index in [-0.39, 0.29) is 0 Å². The summed E-state index contributed by atoms with van der Waals surface area (Å²) in [6.07, 6.45) is 0. The Labute approximate surface area is 208 Å². The van der Waals surface area contributed by atoms with E-state index >= 15 is 0 Å². The molecule has 0 aliphatic carbocycles. The molecule has 0 aliphatic rings. The van der Waals surface area contributed by atoms with Gasteiger partial charge in [0.15, 0.2) is 0 Å². The van der Waals surface area contributed by atoms with E-state index in [9.17, 15) is 5.11 Å². The number of anilines is 2. The Hall–Kier alpha value is -1.80. The van der Waals surface area contributed by atoms with Gasteiger partial charge < -0.3 is 10.0 Å². The number of hydrogen-bond donors (Lipinski definition) is 1. The second kappa shape index (κ2) is 13.0. The van der Waals surface area contributed by atoms with Crippen LogP contribution in [0, 0.1) is 6.92 Å². The van der Waals surface area contributed by atoms with Crippen molar-refractivity contribution >= 4 is 49.2 Å². The molecule has 0 radical (unpaired) electrons. The SMILES string of the molecule is Cc1ccc(O)c(Pc2ccccc2CN(c2ccccc2)c2ccccc2)c1.[Cl][Ti][Cl]. The molecule has 0 saturated heterocycles. The van der Waals surface area contributed by atoms with Gasteiger partial charge in [0.1, 0.15) is 5.75 Å². The Morgan fingerprint density at radius 3 is 1.88 bits per heavy atom. The summed E-state index contributed by atoms with van der Waals surface area (Å²) in [4.78, 5) is 2.33. The number of aryl methyl sites for hydroxylation is 1. The number of halogens is 2. The molecular weight excluding hydrogens is 492 g/mol. The quantitative estimate of drug-likeness (QED) is 0.220. The summed E-state index contributed by atoms with van der Waals surface area (Å²) in [6.45, 7) is 2.83. The molecule has 32 heavy (non-hydrogen) atoms. The summed E-state index contributed by atoms with van der Waals surface area (Å²) < 4.78 is 0. The molecule has 4 rings (SSSR count). The Morgan fingerprint density at radius 1 is 0.750 bits per heavy atom. The van der Waals surface area contributed by atoms with Gasteiger partial charge in [0.25, 0.3) is 0 Å². The second-order valence-corrected chi connectivity index (χ2v) is 11.0. The van der Waals surface area contributed by atoms with E-state index < -0.39 is 17.0 Å². The normalized spacial score (nSPS) is 10.5. The molecule has 1 N–H and O–H groups in total. The van der Waals surface area contributed by atoms with Gasteiger partial charge in [-0.3, -0.25) is 0 Å². The Balaban J connectivity index is 0.000000913. The Bertz CT molecular complexity index is 1070. The van der Waals surface area contributed by atoms with Crippen LogP contribution in [-0.2, 0) is 23.6 Å². The fraction of sp³-hybridized carbons (Fsp3) is 0.0769. The van der Waals surface area contributed by atoms with Gasteiger partial charge in [-0.15, -0.1) is 0 Å². The van der Waals surface area contributed by atoms with Crippen LogP contribution in [0.3, 0.4) is 0 Å². The molecule has 1 unspecified atom stereocenters. The van der Waals surface area contributed by atoms with Crippen LogP contribution in [0.25, 0.3) is 0 Å². The zero-order chi connectivity index (χ0) is 22.8. The molecule has 0 bridgehead atoms. The van der Waals surface area contributed by atoms with Crippen molar-refractivity contribution in [3.05, 3.63) is 114 Å². The molecule has 0 fully saturated rings. The molecular formula is C26H24Cl2NOPTi. The van der Waals surface area contributed by atoms with Gasteiger partial charge >= 0.3 is 35.6 Å². The standard InChI is InChI=1S/C26H24NOP.2ClH.Ti/c1-20-16-17-24(28)26(18-20)29-25-15-9-8-10-21(25)19-27(22-11-4-2-5-12-22)23-13-6-3-7-14-23;;;/h2-18,28-29H,19H2,1H3;2*1H;/q;;;+2/p-2. The van der Waals surface area contributed by atoms with E-state index in [1.54, 1.807) is 6.07 Å². The maximum absolute atomic E-state index is 10.3. The molecule has 1 atom stereocenters. The molecule has 4 aromatic rings. The van der Waals surface area contributed by atoms with Gasteiger partial charge in [0.2, 0.25) is 0 Å². The third kappa shape index (κ3) is 7.10. The predicted octanol–water partition coefficient (Wildman–Crippen LogP) is 7.04. The molecule has 2 nitrogen and oxygen atoms in total. The van der Waals surface area contributed by atoms with Crippen molar-refractivity contribution in [3.63, 3.8) is 0 Å². The van der Waals surface area contributed by atoms with Gasteiger partial charge in [-0.05, 0) is 54.2 Å². The number of para-hydroxylation sites is 2. The predicted molar refractivity (Wildman–Crippen MR) is 137 cm³/mol. The van der Waals surface area contributed by atoms with Crippen LogP contribution in [-0.4, -0.2) is 5.11 Å². The van der Waals surface area contributed by atoms with Crippen LogP contribution < -0.4 is 15.5 Å². The third-order valence-electron chi connectivity index (χ3n) is 4.90. The van der Waals surface area contributed by atoms with E-state index in [1.165, 1.54) is 10.9 Å². The van der Waals surface area contributed by atoms with E-state index in [1.807, 2.05) is 18.2 Å². The average molecular weight is 516 g/mol.